The number of ether oxygens (including phenoxy) is 8. The van der Waals surface area contributed by atoms with Crippen molar-refractivity contribution in [1.82, 2.24) is 19.1 Å². The molecule has 4 aliphatic rings. The molecule has 0 saturated carbocycles. The highest BCUT2D eigenvalue weighted by Crippen LogP contribution is 2.47. The molecule has 29 heteroatoms. The van der Waals surface area contributed by atoms with Crippen molar-refractivity contribution in [3.8, 4) is 0 Å². The zero-order valence-corrected chi connectivity index (χ0v) is 32.8. The second-order valence-electron chi connectivity index (χ2n) is 14.3. The predicted octanol–water partition coefficient (Wildman–Crippen LogP) is -6.31. The fraction of sp³-hybridized carbons (Fsp3) is 0.750. The van der Waals surface area contributed by atoms with Gasteiger partial charge in [-0.2, -0.15) is 9.97 Å². The zero-order valence-electron chi connectivity index (χ0n) is 31.9. The third-order valence-electron chi connectivity index (χ3n) is 10.1. The molecule has 4 aliphatic heterocycles. The van der Waals surface area contributed by atoms with E-state index in [9.17, 15) is 59.9 Å². The molecule has 0 amide bonds. The van der Waals surface area contributed by atoms with Gasteiger partial charge in [-0.3, -0.25) is 18.2 Å². The van der Waals surface area contributed by atoms with Crippen molar-refractivity contribution in [2.45, 2.75) is 111 Å². The molecule has 4 saturated heterocycles. The van der Waals surface area contributed by atoms with Crippen LogP contribution in [0.25, 0.3) is 0 Å². The first-order valence-electron chi connectivity index (χ1n) is 18.7. The Morgan fingerprint density at radius 3 is 1.79 bits per heavy atom. The van der Waals surface area contributed by atoms with Gasteiger partial charge >= 0.3 is 19.2 Å². The first-order chi connectivity index (χ1) is 29.0. The van der Waals surface area contributed by atoms with Crippen LogP contribution in [0, 0.1) is 0 Å². The summed E-state index contributed by atoms with van der Waals surface area (Å²) in [6.07, 6.45) is -21.2. The number of aliphatic hydroxyl groups is 8. The van der Waals surface area contributed by atoms with Crippen LogP contribution < -0.4 is 22.8 Å². The van der Waals surface area contributed by atoms with E-state index in [1.807, 2.05) is 0 Å². The Kier molecular flexibility index (Phi) is 15.9. The number of nitrogens with two attached hydrogens (primary N) is 2. The van der Waals surface area contributed by atoms with Crippen LogP contribution in [0.15, 0.2) is 34.1 Å². The third-order valence-corrected chi connectivity index (χ3v) is 11.0. The van der Waals surface area contributed by atoms with Gasteiger partial charge in [-0.15, -0.1) is 0 Å². The van der Waals surface area contributed by atoms with Crippen molar-refractivity contribution < 1.29 is 97.3 Å². The molecular weight excluding hydrogens is 851 g/mol. The van der Waals surface area contributed by atoms with E-state index in [0.717, 1.165) is 9.13 Å². The van der Waals surface area contributed by atoms with Crippen molar-refractivity contribution >= 4 is 19.5 Å². The summed E-state index contributed by atoms with van der Waals surface area (Å²) in [4.78, 5) is 42.0. The summed E-state index contributed by atoms with van der Waals surface area (Å²) in [5.41, 5.74) is 9.61. The largest absolute Gasteiger partial charge is 0.474 e. The van der Waals surface area contributed by atoms with Crippen LogP contribution >= 0.6 is 7.82 Å². The molecule has 1 unspecified atom stereocenters. The van der Waals surface area contributed by atoms with Crippen molar-refractivity contribution in [3.63, 3.8) is 0 Å². The summed E-state index contributed by atoms with van der Waals surface area (Å²) in [5.74, 6) is -0.00604. The number of phosphoric acid groups is 1. The van der Waals surface area contributed by atoms with Crippen LogP contribution in [0.3, 0.4) is 0 Å². The molecule has 0 bridgehead atoms. The summed E-state index contributed by atoms with van der Waals surface area (Å²) in [7, 11) is -5.18. The minimum atomic E-state index is -5.18. The number of nitrogen functional groups attached to an aromatic ring is 2. The van der Waals surface area contributed by atoms with Crippen molar-refractivity contribution in [2.75, 3.05) is 51.5 Å². The van der Waals surface area contributed by atoms with Crippen LogP contribution in [-0.2, 0) is 51.5 Å². The second-order valence-corrected chi connectivity index (χ2v) is 15.7. The summed E-state index contributed by atoms with van der Waals surface area (Å²) >= 11 is 0. The summed E-state index contributed by atoms with van der Waals surface area (Å²) in [5, 5.41) is 83.6. The molecule has 2 aromatic heterocycles. The highest BCUT2D eigenvalue weighted by Gasteiger charge is 2.51. The quantitative estimate of drug-likeness (QED) is 0.0376. The van der Waals surface area contributed by atoms with Gasteiger partial charge in [0.15, 0.2) is 19.4 Å². The predicted molar refractivity (Wildman–Crippen MR) is 194 cm³/mol. The Morgan fingerprint density at radius 2 is 1.25 bits per heavy atom. The van der Waals surface area contributed by atoms with Gasteiger partial charge in [0.1, 0.15) is 91.9 Å². The molecule has 13 N–H and O–H groups in total. The number of aromatic nitrogens is 4. The van der Waals surface area contributed by atoms with E-state index in [-0.39, 0.29) is 37.7 Å². The topological polar surface area (TPSA) is 413 Å². The van der Waals surface area contributed by atoms with Gasteiger partial charge in [0.05, 0.1) is 38.6 Å². The van der Waals surface area contributed by atoms with Crippen molar-refractivity contribution in [1.29, 1.82) is 0 Å². The number of aliphatic hydroxyl groups excluding tert-OH is 8. The van der Waals surface area contributed by atoms with Crippen LogP contribution in [0.5, 0.6) is 0 Å². The first kappa shape index (κ1) is 47.3. The van der Waals surface area contributed by atoms with Gasteiger partial charge in [-0.25, -0.2) is 14.2 Å². The monoisotopic (exact) mass is 900 g/mol. The minimum Gasteiger partial charge on any atom is -0.394 e. The third kappa shape index (κ3) is 11.5. The lowest BCUT2D eigenvalue weighted by Crippen LogP contribution is -2.62. The maximum atomic E-state index is 12.9. The Balaban J connectivity index is 0.985. The van der Waals surface area contributed by atoms with Crippen LogP contribution in [0.2, 0.25) is 0 Å². The van der Waals surface area contributed by atoms with E-state index in [2.05, 4.69) is 9.97 Å². The van der Waals surface area contributed by atoms with Crippen molar-refractivity contribution in [3.05, 3.63) is 45.5 Å². The van der Waals surface area contributed by atoms with Crippen LogP contribution in [0.4, 0.5) is 11.6 Å². The molecule has 0 spiro atoms. The number of anilines is 2. The summed E-state index contributed by atoms with van der Waals surface area (Å²) in [6.45, 7) is -3.77. The molecule has 344 valence electrons. The molecule has 61 heavy (non-hydrogen) atoms. The summed E-state index contributed by atoms with van der Waals surface area (Å²) in [6, 6.07) is 2.75. The van der Waals surface area contributed by atoms with Gasteiger partial charge in [0.25, 0.3) is 0 Å². The van der Waals surface area contributed by atoms with Gasteiger partial charge in [-0.1, -0.05) is 0 Å². The number of rotatable bonds is 18. The van der Waals surface area contributed by atoms with Crippen LogP contribution in [0.1, 0.15) is 25.3 Å². The van der Waals surface area contributed by atoms with Gasteiger partial charge in [0.2, 0.25) is 0 Å². The average molecular weight is 901 g/mol. The molecular formula is C32H49N6O22P. The van der Waals surface area contributed by atoms with E-state index < -0.39 is 144 Å². The Labute approximate surface area is 343 Å². The normalized spacial score (nSPS) is 37.8. The SMILES string of the molecule is Nc1ccn([C@H]2C[C@H](O)[C@@H](COCO[C@H]3[C@H](O)[C@@H](O)[C@H](O)O[C@@H]3CO[C@@H]3O[C@H](CO)[C@@H](O)[C@H](OP(=O)(O)OCOC[C@H]4O[C@@H](n5ccc(N)nc5=O)C[C@@H]4O)[C@H]3O)O2)c(=O)n1. The Morgan fingerprint density at radius 1 is 0.689 bits per heavy atom. The number of phosphoric ester groups is 1. The van der Waals surface area contributed by atoms with E-state index in [1.54, 1.807) is 0 Å². The Bertz CT molecular complexity index is 1920. The lowest BCUT2D eigenvalue weighted by Gasteiger charge is -2.43. The standard InChI is InChI=1S/C32H49N6O22P/c33-19-1-3-37(31(47)35-19)21-5-13(40)16(56-21)8-51-11-54-27-18(58-29(46)25(44)24(27)43)10-53-30-26(45)28(23(42)15(7-39)59-30)60-61(49,50)55-12-52-9-17-14(41)6-22(57-17)38-4-2-20(34)36-32(38)48/h1-4,13-18,21-30,39-46H,5-12H2,(H,49,50)(H2,33,35,47)(H2,34,36,48)/t13-,14-,15+,16+,17+,18+,21+,22+,23+,24+,25+,26+,27+,28-,29+,30+/m0/s1. The molecule has 0 aromatic carbocycles. The lowest BCUT2D eigenvalue weighted by molar-refractivity contribution is -0.332. The van der Waals surface area contributed by atoms with E-state index in [0.29, 0.717) is 0 Å². The molecule has 0 aliphatic carbocycles. The minimum absolute atomic E-state index is 0.00423. The van der Waals surface area contributed by atoms with E-state index in [4.69, 9.17) is 58.4 Å². The number of hydrogen-bond donors (Lipinski definition) is 11. The summed E-state index contributed by atoms with van der Waals surface area (Å²) < 4.78 is 69.0. The maximum absolute atomic E-state index is 12.9. The second kappa shape index (κ2) is 20.6. The van der Waals surface area contributed by atoms with Crippen molar-refractivity contribution in [2.24, 2.45) is 0 Å². The number of nitrogens with zero attached hydrogens (tertiary/aromatic N) is 4. The zero-order chi connectivity index (χ0) is 44.2. The van der Waals surface area contributed by atoms with Gasteiger partial charge < -0.3 is 95.1 Å². The fourth-order valence-electron chi connectivity index (χ4n) is 6.87. The van der Waals surface area contributed by atoms with E-state index in [1.165, 1.54) is 24.5 Å². The first-order valence-corrected chi connectivity index (χ1v) is 20.2. The molecule has 17 atom stereocenters. The molecule has 2 aromatic rings. The Hall–Kier alpha value is -3.17. The highest BCUT2D eigenvalue weighted by molar-refractivity contribution is 7.47. The van der Waals surface area contributed by atoms with Gasteiger partial charge in [-0.05, 0) is 12.1 Å². The molecule has 28 nitrogen and oxygen atoms in total. The molecule has 6 heterocycles. The lowest BCUT2D eigenvalue weighted by atomic mass is 9.98. The fourth-order valence-corrected chi connectivity index (χ4v) is 7.70. The average Bonchev–Trinajstić information content (AvgIpc) is 3.76. The van der Waals surface area contributed by atoms with E-state index >= 15 is 0 Å². The highest BCUT2D eigenvalue weighted by atomic mass is 31.2. The number of hydrogen-bond acceptors (Lipinski definition) is 25. The van der Waals surface area contributed by atoms with Crippen LogP contribution in [-0.4, -0.2) is 191 Å². The smallest absolute Gasteiger partial charge is 0.394 e. The van der Waals surface area contributed by atoms with Gasteiger partial charge in [0, 0.05) is 25.2 Å². The molecule has 6 rings (SSSR count). The maximum Gasteiger partial charge on any atom is 0.474 e. The molecule has 4 fully saturated rings. The molecule has 0 radical (unpaired) electrons.